The monoisotopic (exact) mass is 242 g/mol. The highest BCUT2D eigenvalue weighted by Gasteiger charge is 2.02. The summed E-state index contributed by atoms with van der Waals surface area (Å²) in [6, 6.07) is 15.5. The maximum Gasteiger partial charge on any atom is 0.335 e. The van der Waals surface area contributed by atoms with Crippen LogP contribution in [-0.4, -0.2) is 11.1 Å². The highest BCUT2D eigenvalue weighted by molar-refractivity contribution is 5.88. The van der Waals surface area contributed by atoms with Gasteiger partial charge in [-0.1, -0.05) is 53.1 Å². The highest BCUT2D eigenvalue weighted by atomic mass is 16.4. The van der Waals surface area contributed by atoms with Crippen LogP contribution in [0.3, 0.4) is 0 Å². The Kier molecular flexibility index (Phi) is 5.12. The van der Waals surface area contributed by atoms with E-state index < -0.39 is 5.97 Å². The zero-order valence-corrected chi connectivity index (χ0v) is 11.0. The molecule has 0 saturated heterocycles. The van der Waals surface area contributed by atoms with E-state index in [0.717, 1.165) is 11.1 Å². The Morgan fingerprint density at radius 2 is 1.33 bits per heavy atom. The molecule has 0 fully saturated rings. The minimum atomic E-state index is -0.864. The molecule has 0 spiro atoms. The smallest absolute Gasteiger partial charge is 0.335 e. The number of hydrogen-bond acceptors (Lipinski definition) is 1. The molecule has 0 amide bonds. The Bertz CT molecular complexity index is 496. The molecular weight excluding hydrogens is 224 g/mol. The number of aryl methyl sites for hydroxylation is 3. The molecule has 2 aromatic carbocycles. The van der Waals surface area contributed by atoms with Crippen molar-refractivity contribution < 1.29 is 9.90 Å². The first-order valence-corrected chi connectivity index (χ1v) is 5.82. The maximum atomic E-state index is 10.5. The predicted molar refractivity (Wildman–Crippen MR) is 74.1 cm³/mol. The van der Waals surface area contributed by atoms with Crippen molar-refractivity contribution in [2.45, 2.75) is 20.8 Å². The van der Waals surface area contributed by atoms with Gasteiger partial charge in [-0.05, 0) is 32.9 Å². The van der Waals surface area contributed by atoms with Crippen LogP contribution < -0.4 is 0 Å². The van der Waals surface area contributed by atoms with Crippen molar-refractivity contribution in [3.8, 4) is 0 Å². The lowest BCUT2D eigenvalue weighted by atomic mass is 10.1. The van der Waals surface area contributed by atoms with E-state index in [1.165, 1.54) is 5.56 Å². The fraction of sp³-hybridized carbons (Fsp3) is 0.188. The average Bonchev–Trinajstić information content (AvgIpc) is 2.29. The summed E-state index contributed by atoms with van der Waals surface area (Å²) in [6.07, 6.45) is 0. The Morgan fingerprint density at radius 1 is 0.833 bits per heavy atom. The molecule has 18 heavy (non-hydrogen) atoms. The molecule has 1 N–H and O–H groups in total. The minimum absolute atomic E-state index is 0.363. The van der Waals surface area contributed by atoms with Crippen molar-refractivity contribution >= 4 is 5.97 Å². The van der Waals surface area contributed by atoms with E-state index in [4.69, 9.17) is 5.11 Å². The molecule has 0 atom stereocenters. The number of rotatable bonds is 1. The summed E-state index contributed by atoms with van der Waals surface area (Å²) in [5.41, 5.74) is 3.66. The number of benzene rings is 2. The van der Waals surface area contributed by atoms with Gasteiger partial charge in [-0.3, -0.25) is 0 Å². The number of aromatic carboxylic acids is 1. The van der Waals surface area contributed by atoms with Gasteiger partial charge in [0, 0.05) is 0 Å². The average molecular weight is 242 g/mol. The van der Waals surface area contributed by atoms with Gasteiger partial charge < -0.3 is 5.11 Å². The van der Waals surface area contributed by atoms with Crippen LogP contribution in [0.15, 0.2) is 48.5 Å². The molecule has 0 radical (unpaired) electrons. The van der Waals surface area contributed by atoms with E-state index in [1.54, 1.807) is 12.1 Å². The first kappa shape index (κ1) is 14.0. The van der Waals surface area contributed by atoms with Crippen LogP contribution in [0.1, 0.15) is 27.0 Å². The minimum Gasteiger partial charge on any atom is -0.478 e. The van der Waals surface area contributed by atoms with Crippen LogP contribution in [0.4, 0.5) is 0 Å². The Morgan fingerprint density at radius 3 is 1.67 bits per heavy atom. The van der Waals surface area contributed by atoms with Crippen LogP contribution in [0, 0.1) is 20.8 Å². The Hall–Kier alpha value is -2.09. The summed E-state index contributed by atoms with van der Waals surface area (Å²) in [4.78, 5) is 10.5. The van der Waals surface area contributed by atoms with Gasteiger partial charge in [-0.2, -0.15) is 0 Å². The molecule has 2 heteroatoms. The van der Waals surface area contributed by atoms with Crippen molar-refractivity contribution in [1.82, 2.24) is 0 Å². The molecule has 2 rings (SSSR count). The SMILES string of the molecule is Cc1cc(C)cc(C(=O)O)c1.Cc1ccccc1. The van der Waals surface area contributed by atoms with Crippen molar-refractivity contribution in [3.05, 3.63) is 70.8 Å². The second-order valence-corrected chi connectivity index (χ2v) is 4.34. The van der Waals surface area contributed by atoms with E-state index in [-0.39, 0.29) is 0 Å². The molecular formula is C16H18O2. The van der Waals surface area contributed by atoms with Gasteiger partial charge in [0.25, 0.3) is 0 Å². The summed E-state index contributed by atoms with van der Waals surface area (Å²) in [7, 11) is 0. The number of carboxylic acids is 1. The van der Waals surface area contributed by atoms with Gasteiger partial charge in [0.05, 0.1) is 5.56 Å². The van der Waals surface area contributed by atoms with Crippen LogP contribution in [0.5, 0.6) is 0 Å². The topological polar surface area (TPSA) is 37.3 Å². The number of hydrogen-bond donors (Lipinski definition) is 1. The molecule has 0 saturated carbocycles. The summed E-state index contributed by atoms with van der Waals surface area (Å²) < 4.78 is 0. The molecule has 0 aliphatic heterocycles. The largest absolute Gasteiger partial charge is 0.478 e. The molecule has 0 aliphatic carbocycles. The first-order chi connectivity index (χ1) is 8.49. The zero-order chi connectivity index (χ0) is 13.5. The third-order valence-electron chi connectivity index (χ3n) is 2.41. The van der Waals surface area contributed by atoms with E-state index >= 15 is 0 Å². The van der Waals surface area contributed by atoms with Gasteiger partial charge in [-0.25, -0.2) is 4.79 Å². The number of carbonyl (C=O) groups is 1. The summed E-state index contributed by atoms with van der Waals surface area (Å²) in [5, 5.41) is 8.63. The van der Waals surface area contributed by atoms with Crippen molar-refractivity contribution in [2.75, 3.05) is 0 Å². The molecule has 0 unspecified atom stereocenters. The molecule has 2 nitrogen and oxygen atoms in total. The third kappa shape index (κ3) is 4.83. The predicted octanol–water partition coefficient (Wildman–Crippen LogP) is 4.00. The fourth-order valence-corrected chi connectivity index (χ4v) is 1.63. The van der Waals surface area contributed by atoms with E-state index in [9.17, 15) is 4.79 Å². The van der Waals surface area contributed by atoms with Crippen LogP contribution in [-0.2, 0) is 0 Å². The van der Waals surface area contributed by atoms with Crippen molar-refractivity contribution in [3.63, 3.8) is 0 Å². The first-order valence-electron chi connectivity index (χ1n) is 5.82. The molecule has 0 bridgehead atoms. The second kappa shape index (κ2) is 6.60. The Balaban J connectivity index is 0.000000199. The van der Waals surface area contributed by atoms with Gasteiger partial charge >= 0.3 is 5.97 Å². The van der Waals surface area contributed by atoms with Gasteiger partial charge in [-0.15, -0.1) is 0 Å². The molecule has 0 heterocycles. The van der Waals surface area contributed by atoms with Gasteiger partial charge in [0.2, 0.25) is 0 Å². The van der Waals surface area contributed by atoms with Crippen LogP contribution >= 0.6 is 0 Å². The highest BCUT2D eigenvalue weighted by Crippen LogP contribution is 2.08. The lowest BCUT2D eigenvalue weighted by Gasteiger charge is -1.98. The van der Waals surface area contributed by atoms with Crippen molar-refractivity contribution in [1.29, 1.82) is 0 Å². The molecule has 0 aromatic heterocycles. The van der Waals surface area contributed by atoms with Gasteiger partial charge in [0.15, 0.2) is 0 Å². The van der Waals surface area contributed by atoms with E-state index in [0.29, 0.717) is 5.56 Å². The van der Waals surface area contributed by atoms with Crippen molar-refractivity contribution in [2.24, 2.45) is 0 Å². The normalized spacial score (nSPS) is 9.28. The summed E-state index contributed by atoms with van der Waals surface area (Å²) >= 11 is 0. The maximum absolute atomic E-state index is 10.5. The number of carboxylic acid groups (broad SMARTS) is 1. The van der Waals surface area contributed by atoms with Gasteiger partial charge in [0.1, 0.15) is 0 Å². The molecule has 2 aromatic rings. The van der Waals surface area contributed by atoms with E-state index in [1.807, 2.05) is 38.1 Å². The molecule has 0 aliphatic rings. The standard InChI is InChI=1S/C9H10O2.C7H8/c1-6-3-7(2)5-8(4-6)9(10)11;1-7-5-3-2-4-6-7/h3-5H,1-2H3,(H,10,11);2-6H,1H3. The summed E-state index contributed by atoms with van der Waals surface area (Å²) in [6.45, 7) is 5.86. The molecule has 94 valence electrons. The quantitative estimate of drug-likeness (QED) is 0.820. The fourth-order valence-electron chi connectivity index (χ4n) is 1.63. The van der Waals surface area contributed by atoms with E-state index in [2.05, 4.69) is 19.1 Å². The third-order valence-corrected chi connectivity index (χ3v) is 2.41. The Labute approximate surface area is 108 Å². The lowest BCUT2D eigenvalue weighted by Crippen LogP contribution is -1.96. The zero-order valence-electron chi connectivity index (χ0n) is 11.0. The second-order valence-electron chi connectivity index (χ2n) is 4.34. The van der Waals surface area contributed by atoms with Crippen LogP contribution in [0.2, 0.25) is 0 Å². The summed E-state index contributed by atoms with van der Waals surface area (Å²) in [5.74, 6) is -0.864. The lowest BCUT2D eigenvalue weighted by molar-refractivity contribution is 0.0696. The van der Waals surface area contributed by atoms with Crippen LogP contribution in [0.25, 0.3) is 0 Å².